The van der Waals surface area contributed by atoms with Gasteiger partial charge in [-0.3, -0.25) is 9.59 Å². The van der Waals surface area contributed by atoms with Crippen LogP contribution in [-0.2, 0) is 4.79 Å². The number of aromatic nitrogens is 1. The average molecular weight is 312 g/mol. The molecule has 1 aromatic rings. The lowest BCUT2D eigenvalue weighted by atomic mass is 9.74. The van der Waals surface area contributed by atoms with E-state index < -0.39 is 17.5 Å². The fourth-order valence-corrected chi connectivity index (χ4v) is 3.47. The van der Waals surface area contributed by atoms with Crippen molar-refractivity contribution in [1.29, 1.82) is 0 Å². The van der Waals surface area contributed by atoms with E-state index in [0.29, 0.717) is 25.1 Å². The molecule has 21 heavy (non-hydrogen) atoms. The molecular weight excluding hydrogens is 292 g/mol. The predicted molar refractivity (Wildman–Crippen MR) is 78.4 cm³/mol. The molecule has 1 saturated heterocycles. The number of carbonyl (C=O) groups is 2. The minimum atomic E-state index is -1.27. The third-order valence-electron chi connectivity index (χ3n) is 4.03. The van der Waals surface area contributed by atoms with Gasteiger partial charge in [-0.05, 0) is 19.8 Å². The van der Waals surface area contributed by atoms with Gasteiger partial charge in [-0.1, -0.05) is 13.3 Å². The van der Waals surface area contributed by atoms with Gasteiger partial charge in [0, 0.05) is 18.5 Å². The van der Waals surface area contributed by atoms with Crippen LogP contribution in [0.5, 0.6) is 0 Å². The van der Waals surface area contributed by atoms with Crippen LogP contribution in [0.1, 0.15) is 41.7 Å². The summed E-state index contributed by atoms with van der Waals surface area (Å²) in [5.74, 6) is -1.29. The van der Waals surface area contributed by atoms with Crippen LogP contribution >= 0.6 is 11.3 Å². The Morgan fingerprint density at radius 1 is 1.57 bits per heavy atom. The molecule has 2 rings (SSSR count). The summed E-state index contributed by atoms with van der Waals surface area (Å²) in [6.07, 6.45) is 0.349. The van der Waals surface area contributed by atoms with Crippen LogP contribution in [0.25, 0.3) is 0 Å². The van der Waals surface area contributed by atoms with Crippen molar-refractivity contribution in [2.45, 2.75) is 39.2 Å². The Hall–Kier alpha value is -1.47. The van der Waals surface area contributed by atoms with Crippen LogP contribution in [0.2, 0.25) is 0 Å². The Morgan fingerprint density at radius 3 is 2.81 bits per heavy atom. The zero-order chi connectivity index (χ0) is 15.6. The summed E-state index contributed by atoms with van der Waals surface area (Å²) in [6.45, 7) is 4.09. The normalized spacial score (nSPS) is 25.9. The standard InChI is InChI=1S/C14H20N2O4S/c1-3-5-14(13(19)20)8-16(6-4-11(14)17)12(18)10-7-21-9(2)15-10/h7,11,17H,3-6,8H2,1-2H3,(H,19,20)/t11-,14-/m1/s1. The van der Waals surface area contributed by atoms with E-state index in [9.17, 15) is 19.8 Å². The second kappa shape index (κ2) is 6.11. The molecule has 0 saturated carbocycles. The van der Waals surface area contributed by atoms with Crippen molar-refractivity contribution < 1.29 is 19.8 Å². The number of aliphatic hydroxyl groups excluding tert-OH is 1. The van der Waals surface area contributed by atoms with Gasteiger partial charge in [0.05, 0.1) is 11.1 Å². The number of nitrogens with zero attached hydrogens (tertiary/aromatic N) is 2. The van der Waals surface area contributed by atoms with Crippen LogP contribution < -0.4 is 0 Å². The monoisotopic (exact) mass is 312 g/mol. The van der Waals surface area contributed by atoms with E-state index in [1.165, 1.54) is 16.2 Å². The molecule has 116 valence electrons. The maximum Gasteiger partial charge on any atom is 0.314 e. The molecule has 1 aliphatic heterocycles. The van der Waals surface area contributed by atoms with Crippen LogP contribution in [0.4, 0.5) is 0 Å². The van der Waals surface area contributed by atoms with Gasteiger partial charge in [-0.25, -0.2) is 4.98 Å². The summed E-state index contributed by atoms with van der Waals surface area (Å²) in [5, 5.41) is 22.2. The van der Waals surface area contributed by atoms with Crippen LogP contribution in [-0.4, -0.2) is 51.2 Å². The zero-order valence-electron chi connectivity index (χ0n) is 12.2. The third kappa shape index (κ3) is 2.94. The van der Waals surface area contributed by atoms with Gasteiger partial charge in [-0.2, -0.15) is 0 Å². The minimum absolute atomic E-state index is 0.0345. The molecule has 0 radical (unpaired) electrons. The molecule has 1 fully saturated rings. The number of aliphatic hydroxyl groups is 1. The number of carboxylic acid groups (broad SMARTS) is 1. The number of hydrogen-bond donors (Lipinski definition) is 2. The molecular formula is C14H20N2O4S. The number of carbonyl (C=O) groups excluding carboxylic acids is 1. The van der Waals surface area contributed by atoms with Crippen molar-refractivity contribution in [3.8, 4) is 0 Å². The van der Waals surface area contributed by atoms with Gasteiger partial charge < -0.3 is 15.1 Å². The molecule has 0 spiro atoms. The van der Waals surface area contributed by atoms with Gasteiger partial charge >= 0.3 is 5.97 Å². The molecule has 1 aromatic heterocycles. The number of aryl methyl sites for hydroxylation is 1. The highest BCUT2D eigenvalue weighted by Gasteiger charge is 2.49. The molecule has 2 heterocycles. The second-order valence-corrected chi connectivity index (χ2v) is 6.56. The Kier molecular flexibility index (Phi) is 4.63. The van der Waals surface area contributed by atoms with Crippen LogP contribution in [0, 0.1) is 12.3 Å². The maximum absolute atomic E-state index is 12.4. The van der Waals surface area contributed by atoms with E-state index in [4.69, 9.17) is 0 Å². The number of thiazole rings is 1. The van der Waals surface area contributed by atoms with Crippen molar-refractivity contribution in [2.24, 2.45) is 5.41 Å². The summed E-state index contributed by atoms with van der Waals surface area (Å²) >= 11 is 1.39. The fraction of sp³-hybridized carbons (Fsp3) is 0.643. The topological polar surface area (TPSA) is 90.7 Å². The van der Waals surface area contributed by atoms with Gasteiger partial charge in [-0.15, -0.1) is 11.3 Å². The average Bonchev–Trinajstić information content (AvgIpc) is 2.87. The lowest BCUT2D eigenvalue weighted by Gasteiger charge is -2.43. The summed E-state index contributed by atoms with van der Waals surface area (Å²) in [7, 11) is 0. The van der Waals surface area contributed by atoms with E-state index in [1.54, 1.807) is 5.38 Å². The third-order valence-corrected chi connectivity index (χ3v) is 4.80. The number of aliphatic carboxylic acids is 1. The zero-order valence-corrected chi connectivity index (χ0v) is 13.0. The van der Waals surface area contributed by atoms with E-state index in [2.05, 4.69) is 4.98 Å². The molecule has 0 aliphatic carbocycles. The molecule has 7 heteroatoms. The fourth-order valence-electron chi connectivity index (χ4n) is 2.89. The highest BCUT2D eigenvalue weighted by molar-refractivity contribution is 7.09. The lowest BCUT2D eigenvalue weighted by molar-refractivity contribution is -0.162. The SMILES string of the molecule is CCC[C@@]1(C(=O)O)CN(C(=O)c2csc(C)n2)CC[C@H]1O. The first kappa shape index (κ1) is 15.9. The van der Waals surface area contributed by atoms with Crippen LogP contribution in [0.15, 0.2) is 5.38 Å². The predicted octanol–water partition coefficient (Wildman–Crippen LogP) is 1.53. The number of hydrogen-bond acceptors (Lipinski definition) is 5. The van der Waals surface area contributed by atoms with Crippen molar-refractivity contribution >= 4 is 23.2 Å². The smallest absolute Gasteiger partial charge is 0.314 e. The van der Waals surface area contributed by atoms with Gasteiger partial charge in [0.25, 0.3) is 5.91 Å². The summed E-state index contributed by atoms with van der Waals surface area (Å²) < 4.78 is 0. The Bertz CT molecular complexity index is 545. The van der Waals surface area contributed by atoms with Crippen molar-refractivity contribution in [1.82, 2.24) is 9.88 Å². The highest BCUT2D eigenvalue weighted by atomic mass is 32.1. The summed E-state index contributed by atoms with van der Waals surface area (Å²) in [5.41, 5.74) is -0.919. The number of piperidine rings is 1. The molecule has 1 aliphatic rings. The minimum Gasteiger partial charge on any atom is -0.481 e. The number of carboxylic acids is 1. The molecule has 0 bridgehead atoms. The van der Waals surface area contributed by atoms with Gasteiger partial charge in [0.2, 0.25) is 0 Å². The van der Waals surface area contributed by atoms with Crippen LogP contribution in [0.3, 0.4) is 0 Å². The summed E-state index contributed by atoms with van der Waals surface area (Å²) in [6, 6.07) is 0. The van der Waals surface area contributed by atoms with E-state index in [0.717, 1.165) is 5.01 Å². The summed E-state index contributed by atoms with van der Waals surface area (Å²) in [4.78, 5) is 29.8. The molecule has 0 aromatic carbocycles. The molecule has 6 nitrogen and oxygen atoms in total. The van der Waals surface area contributed by atoms with Gasteiger partial charge in [0.15, 0.2) is 0 Å². The Balaban J connectivity index is 2.23. The first-order valence-electron chi connectivity index (χ1n) is 7.03. The van der Waals surface area contributed by atoms with Gasteiger partial charge in [0.1, 0.15) is 11.1 Å². The van der Waals surface area contributed by atoms with E-state index >= 15 is 0 Å². The van der Waals surface area contributed by atoms with E-state index in [1.807, 2.05) is 13.8 Å². The van der Waals surface area contributed by atoms with Crippen molar-refractivity contribution in [3.05, 3.63) is 16.1 Å². The largest absolute Gasteiger partial charge is 0.481 e. The number of amides is 1. The molecule has 2 atom stereocenters. The molecule has 0 unspecified atom stereocenters. The molecule has 2 N–H and O–H groups in total. The quantitative estimate of drug-likeness (QED) is 0.880. The number of likely N-dealkylation sites (tertiary alicyclic amines) is 1. The maximum atomic E-state index is 12.4. The first-order chi connectivity index (χ1) is 9.90. The van der Waals surface area contributed by atoms with Crippen molar-refractivity contribution in [3.63, 3.8) is 0 Å². The Morgan fingerprint density at radius 2 is 2.29 bits per heavy atom. The highest BCUT2D eigenvalue weighted by Crippen LogP contribution is 2.36. The van der Waals surface area contributed by atoms with E-state index in [-0.39, 0.29) is 18.9 Å². The Labute approximate surface area is 127 Å². The molecule has 1 amide bonds. The lowest BCUT2D eigenvalue weighted by Crippen LogP contribution is -2.57. The second-order valence-electron chi connectivity index (χ2n) is 5.49. The van der Waals surface area contributed by atoms with Crippen molar-refractivity contribution in [2.75, 3.05) is 13.1 Å². The number of rotatable bonds is 4. The first-order valence-corrected chi connectivity index (χ1v) is 7.91.